The van der Waals surface area contributed by atoms with Gasteiger partial charge in [-0.25, -0.2) is 0 Å². The molecule has 0 amide bonds. The molecular formula is C18H27ClN2O2. The molecule has 0 spiro atoms. The number of hydrogen-bond acceptors (Lipinski definition) is 4. The molecule has 23 heavy (non-hydrogen) atoms. The van der Waals surface area contributed by atoms with E-state index in [-0.39, 0.29) is 5.75 Å². The van der Waals surface area contributed by atoms with E-state index in [4.69, 9.17) is 16.3 Å². The Labute approximate surface area is 144 Å². The third kappa shape index (κ3) is 4.38. The quantitative estimate of drug-likeness (QED) is 0.915. The van der Waals surface area contributed by atoms with Crippen molar-refractivity contribution in [2.45, 2.75) is 32.4 Å². The second-order valence-electron chi connectivity index (χ2n) is 6.79. The van der Waals surface area contributed by atoms with E-state index in [1.54, 1.807) is 6.07 Å². The lowest BCUT2D eigenvalue weighted by molar-refractivity contribution is -0.00192. The minimum absolute atomic E-state index is 0.161. The molecule has 2 aliphatic heterocycles. The highest BCUT2D eigenvalue weighted by Crippen LogP contribution is 2.27. The first kappa shape index (κ1) is 17.0. The predicted octanol–water partition coefficient (Wildman–Crippen LogP) is 2.98. The molecule has 0 unspecified atom stereocenters. The first-order chi connectivity index (χ1) is 11.1. The van der Waals surface area contributed by atoms with E-state index < -0.39 is 0 Å². The van der Waals surface area contributed by atoms with Crippen LogP contribution in [0.25, 0.3) is 0 Å². The predicted molar refractivity (Wildman–Crippen MR) is 93.0 cm³/mol. The molecule has 0 saturated carbocycles. The fourth-order valence-corrected chi connectivity index (χ4v) is 3.99. The van der Waals surface area contributed by atoms with Crippen LogP contribution in [0.2, 0.25) is 5.02 Å². The lowest BCUT2D eigenvalue weighted by Crippen LogP contribution is -2.48. The molecule has 3 rings (SSSR count). The van der Waals surface area contributed by atoms with E-state index in [0.717, 1.165) is 51.9 Å². The highest BCUT2D eigenvalue weighted by molar-refractivity contribution is 6.32. The maximum atomic E-state index is 9.51. The first-order valence-corrected chi connectivity index (χ1v) is 9.03. The van der Waals surface area contributed by atoms with Crippen molar-refractivity contribution >= 4 is 11.6 Å². The maximum absolute atomic E-state index is 9.51. The van der Waals surface area contributed by atoms with Crippen molar-refractivity contribution in [2.24, 2.45) is 5.92 Å². The SMILES string of the molecule is C[C@@H](C1CCN(Cc2ccc(O)c(Cl)c2)CC1)N1CCOCC1. The van der Waals surface area contributed by atoms with Gasteiger partial charge in [0.2, 0.25) is 0 Å². The number of likely N-dealkylation sites (tertiary alicyclic amines) is 1. The van der Waals surface area contributed by atoms with Crippen LogP contribution < -0.4 is 0 Å². The fraction of sp³-hybridized carbons (Fsp3) is 0.667. The highest BCUT2D eigenvalue weighted by atomic mass is 35.5. The van der Waals surface area contributed by atoms with Crippen molar-refractivity contribution in [1.29, 1.82) is 0 Å². The van der Waals surface area contributed by atoms with E-state index in [2.05, 4.69) is 16.7 Å². The Morgan fingerprint density at radius 3 is 2.57 bits per heavy atom. The zero-order chi connectivity index (χ0) is 16.2. The van der Waals surface area contributed by atoms with Gasteiger partial charge in [-0.3, -0.25) is 9.80 Å². The van der Waals surface area contributed by atoms with E-state index in [9.17, 15) is 5.11 Å². The average molecular weight is 339 g/mol. The van der Waals surface area contributed by atoms with Crippen LogP contribution in [0, 0.1) is 5.92 Å². The molecule has 0 aliphatic carbocycles. The highest BCUT2D eigenvalue weighted by Gasteiger charge is 2.28. The molecule has 0 aromatic heterocycles. The molecule has 5 heteroatoms. The van der Waals surface area contributed by atoms with Crippen molar-refractivity contribution in [3.63, 3.8) is 0 Å². The van der Waals surface area contributed by atoms with Crippen LogP contribution in [0.15, 0.2) is 18.2 Å². The number of benzene rings is 1. The molecule has 2 heterocycles. The van der Waals surface area contributed by atoms with Crippen LogP contribution in [0.1, 0.15) is 25.3 Å². The third-order valence-electron chi connectivity index (χ3n) is 5.35. The van der Waals surface area contributed by atoms with E-state index in [1.165, 1.54) is 18.4 Å². The van der Waals surface area contributed by atoms with Gasteiger partial charge in [0.15, 0.2) is 0 Å². The molecule has 1 atom stereocenters. The summed E-state index contributed by atoms with van der Waals surface area (Å²) in [7, 11) is 0. The van der Waals surface area contributed by atoms with Gasteiger partial charge in [0.25, 0.3) is 0 Å². The van der Waals surface area contributed by atoms with E-state index >= 15 is 0 Å². The standard InChI is InChI=1S/C18H27ClN2O2/c1-14(21-8-10-23-11-9-21)16-4-6-20(7-5-16)13-15-2-3-18(22)17(19)12-15/h2-3,12,14,16,22H,4-11,13H2,1H3/t14-/m0/s1. The summed E-state index contributed by atoms with van der Waals surface area (Å²) in [5.74, 6) is 0.946. The minimum atomic E-state index is 0.161. The molecule has 128 valence electrons. The summed E-state index contributed by atoms with van der Waals surface area (Å²) in [5, 5.41) is 9.95. The average Bonchev–Trinajstić information content (AvgIpc) is 2.59. The van der Waals surface area contributed by atoms with Crippen molar-refractivity contribution in [3.05, 3.63) is 28.8 Å². The number of rotatable bonds is 4. The molecule has 0 radical (unpaired) electrons. The Hall–Kier alpha value is -0.810. The number of halogens is 1. The molecule has 1 aromatic carbocycles. The number of nitrogens with zero attached hydrogens (tertiary/aromatic N) is 2. The number of aromatic hydroxyl groups is 1. The van der Waals surface area contributed by atoms with Crippen LogP contribution in [-0.4, -0.2) is 60.3 Å². The maximum Gasteiger partial charge on any atom is 0.134 e. The molecule has 2 fully saturated rings. The molecule has 0 bridgehead atoms. The fourth-order valence-electron chi connectivity index (χ4n) is 3.78. The zero-order valence-corrected chi connectivity index (χ0v) is 14.6. The number of hydrogen-bond donors (Lipinski definition) is 1. The summed E-state index contributed by atoms with van der Waals surface area (Å²) < 4.78 is 5.46. The van der Waals surface area contributed by atoms with Crippen molar-refractivity contribution in [3.8, 4) is 5.75 Å². The van der Waals surface area contributed by atoms with Gasteiger partial charge >= 0.3 is 0 Å². The third-order valence-corrected chi connectivity index (χ3v) is 5.66. The Morgan fingerprint density at radius 2 is 1.91 bits per heavy atom. The number of phenols is 1. The lowest BCUT2D eigenvalue weighted by atomic mass is 9.89. The molecule has 1 aromatic rings. The van der Waals surface area contributed by atoms with Gasteiger partial charge in [-0.2, -0.15) is 0 Å². The summed E-state index contributed by atoms with van der Waals surface area (Å²) in [6.07, 6.45) is 2.51. The number of phenolic OH excluding ortho intramolecular Hbond substituents is 1. The molecule has 2 saturated heterocycles. The second kappa shape index (κ2) is 7.84. The van der Waals surface area contributed by atoms with Crippen LogP contribution in [0.3, 0.4) is 0 Å². The summed E-state index contributed by atoms with van der Waals surface area (Å²) in [4.78, 5) is 5.08. The summed E-state index contributed by atoms with van der Waals surface area (Å²) in [6, 6.07) is 6.18. The van der Waals surface area contributed by atoms with Gasteiger partial charge < -0.3 is 9.84 Å². The summed E-state index contributed by atoms with van der Waals surface area (Å²) in [5.41, 5.74) is 1.17. The Kier molecular flexibility index (Phi) is 5.81. The van der Waals surface area contributed by atoms with Gasteiger partial charge in [-0.15, -0.1) is 0 Å². The topological polar surface area (TPSA) is 35.9 Å². The minimum Gasteiger partial charge on any atom is -0.506 e. The summed E-state index contributed by atoms with van der Waals surface area (Å²) in [6.45, 7) is 9.48. The largest absolute Gasteiger partial charge is 0.506 e. The number of piperidine rings is 1. The first-order valence-electron chi connectivity index (χ1n) is 8.65. The van der Waals surface area contributed by atoms with Crippen LogP contribution in [-0.2, 0) is 11.3 Å². The van der Waals surface area contributed by atoms with Gasteiger partial charge in [-0.1, -0.05) is 17.7 Å². The van der Waals surface area contributed by atoms with Gasteiger partial charge in [-0.05, 0) is 56.5 Å². The van der Waals surface area contributed by atoms with Crippen LogP contribution in [0.5, 0.6) is 5.75 Å². The van der Waals surface area contributed by atoms with Crippen molar-refractivity contribution in [2.75, 3.05) is 39.4 Å². The number of ether oxygens (including phenoxy) is 1. The van der Waals surface area contributed by atoms with E-state index in [1.807, 2.05) is 12.1 Å². The lowest BCUT2D eigenvalue weighted by Gasteiger charge is -2.41. The smallest absolute Gasteiger partial charge is 0.134 e. The van der Waals surface area contributed by atoms with Crippen LogP contribution in [0.4, 0.5) is 0 Å². The molecule has 4 nitrogen and oxygen atoms in total. The van der Waals surface area contributed by atoms with E-state index in [0.29, 0.717) is 11.1 Å². The van der Waals surface area contributed by atoms with Gasteiger partial charge in [0, 0.05) is 25.7 Å². The zero-order valence-electron chi connectivity index (χ0n) is 13.9. The van der Waals surface area contributed by atoms with Crippen LogP contribution >= 0.6 is 11.6 Å². The Balaban J connectivity index is 1.48. The Bertz CT molecular complexity index is 512. The molecular weight excluding hydrogens is 312 g/mol. The van der Waals surface area contributed by atoms with Crippen molar-refractivity contribution < 1.29 is 9.84 Å². The number of morpholine rings is 1. The normalized spacial score (nSPS) is 23.0. The Morgan fingerprint density at radius 1 is 1.22 bits per heavy atom. The molecule has 2 aliphatic rings. The van der Waals surface area contributed by atoms with Crippen molar-refractivity contribution in [1.82, 2.24) is 9.80 Å². The summed E-state index contributed by atoms with van der Waals surface area (Å²) >= 11 is 6.00. The monoisotopic (exact) mass is 338 g/mol. The second-order valence-corrected chi connectivity index (χ2v) is 7.20. The molecule has 1 N–H and O–H groups in total. The van der Waals surface area contributed by atoms with Gasteiger partial charge in [0.05, 0.1) is 18.2 Å². The van der Waals surface area contributed by atoms with Gasteiger partial charge in [0.1, 0.15) is 5.75 Å².